The van der Waals surface area contributed by atoms with E-state index in [0.717, 1.165) is 50.5 Å². The third-order valence-corrected chi connectivity index (χ3v) is 11.4. The van der Waals surface area contributed by atoms with Crippen molar-refractivity contribution in [3.8, 4) is 0 Å². The van der Waals surface area contributed by atoms with E-state index in [1.807, 2.05) is 6.08 Å². The van der Waals surface area contributed by atoms with Gasteiger partial charge in [0.2, 0.25) is 0 Å². The predicted molar refractivity (Wildman–Crippen MR) is 187 cm³/mol. The zero-order valence-electron chi connectivity index (χ0n) is 26.5. The topological polar surface area (TPSA) is 23.9 Å². The zero-order valence-corrected chi connectivity index (χ0v) is 26.5. The summed E-state index contributed by atoms with van der Waals surface area (Å²) in [6, 6.07) is 0. The minimum Gasteiger partial charge on any atom is -0.304 e. The van der Waals surface area contributed by atoms with E-state index in [0.29, 0.717) is 29.4 Å². The predicted octanol–water partition coefficient (Wildman–Crippen LogP) is 11.3. The molecule has 0 aliphatic heterocycles. The Hall–Kier alpha value is -3.71. The van der Waals surface area contributed by atoms with Gasteiger partial charge in [0.25, 0.3) is 0 Å². The molecule has 1 N–H and O–H groups in total. The maximum atomic E-state index is 8.89. The Kier molecular flexibility index (Phi) is 7.91. The van der Waals surface area contributed by atoms with Gasteiger partial charge in [0, 0.05) is 23.5 Å². The van der Waals surface area contributed by atoms with Crippen LogP contribution in [-0.2, 0) is 0 Å². The summed E-state index contributed by atoms with van der Waals surface area (Å²) in [5.74, 6) is 1.83. The molecule has 7 rings (SSSR count). The fraction of sp³-hybridized carbons (Fsp3) is 0.372. The highest BCUT2D eigenvalue weighted by Gasteiger charge is 2.51. The second kappa shape index (κ2) is 12.0. The molecular formula is C43H47N. The third-order valence-electron chi connectivity index (χ3n) is 11.4. The molecule has 1 saturated carbocycles. The first kappa shape index (κ1) is 29.0. The SMILES string of the molecule is C=CC1=C2C(CC)C3=CC(/C=C4\CCCC=C4C4CC=CC(=C)C4=N)=C(C=C)C(C4=CCCC=C4)C3C2CC2=C1C=CCC2. The van der Waals surface area contributed by atoms with E-state index in [-0.39, 0.29) is 5.92 Å². The molecular weight excluding hydrogens is 530 g/mol. The number of rotatable bonds is 6. The van der Waals surface area contributed by atoms with Crippen molar-refractivity contribution in [3.05, 3.63) is 154 Å². The summed E-state index contributed by atoms with van der Waals surface area (Å²) in [5, 5.41) is 8.89. The van der Waals surface area contributed by atoms with Crippen molar-refractivity contribution in [2.24, 2.45) is 29.6 Å². The molecule has 0 aromatic rings. The van der Waals surface area contributed by atoms with Gasteiger partial charge < -0.3 is 5.41 Å². The Bertz CT molecular complexity index is 1640. The summed E-state index contributed by atoms with van der Waals surface area (Å²) >= 11 is 0. The Morgan fingerprint density at radius 1 is 0.955 bits per heavy atom. The molecule has 7 aliphatic rings. The summed E-state index contributed by atoms with van der Waals surface area (Å²) in [5.41, 5.74) is 16.3. The first-order valence-electron chi connectivity index (χ1n) is 17.1. The maximum absolute atomic E-state index is 8.89. The second-order valence-corrected chi connectivity index (χ2v) is 13.6. The molecule has 1 heteroatoms. The number of fused-ring (bicyclic) bond motifs is 3. The fourth-order valence-electron chi connectivity index (χ4n) is 9.50. The van der Waals surface area contributed by atoms with Crippen molar-refractivity contribution >= 4 is 5.71 Å². The molecule has 0 heterocycles. The molecule has 0 aromatic heterocycles. The van der Waals surface area contributed by atoms with E-state index in [1.54, 1.807) is 16.7 Å². The summed E-state index contributed by atoms with van der Waals surface area (Å²) in [4.78, 5) is 0. The van der Waals surface area contributed by atoms with E-state index >= 15 is 0 Å². The van der Waals surface area contributed by atoms with E-state index in [9.17, 15) is 0 Å². The Morgan fingerprint density at radius 2 is 1.82 bits per heavy atom. The molecule has 0 bridgehead atoms. The first-order chi connectivity index (χ1) is 21.5. The molecule has 0 amide bonds. The normalized spacial score (nSPS) is 32.3. The average Bonchev–Trinajstić information content (AvgIpc) is 3.37. The quantitative estimate of drug-likeness (QED) is 0.325. The summed E-state index contributed by atoms with van der Waals surface area (Å²) in [7, 11) is 0. The van der Waals surface area contributed by atoms with Crippen molar-refractivity contribution in [2.45, 2.75) is 71.1 Å². The first-order valence-corrected chi connectivity index (χ1v) is 17.1. The summed E-state index contributed by atoms with van der Waals surface area (Å²) in [6.45, 7) is 15.4. The van der Waals surface area contributed by atoms with Gasteiger partial charge in [-0.05, 0) is 121 Å². The molecule has 7 aliphatic carbocycles. The molecule has 0 aromatic carbocycles. The molecule has 5 unspecified atom stereocenters. The van der Waals surface area contributed by atoms with Crippen LogP contribution in [-0.4, -0.2) is 5.71 Å². The van der Waals surface area contributed by atoms with Gasteiger partial charge >= 0.3 is 0 Å². The lowest BCUT2D eigenvalue weighted by Crippen LogP contribution is -2.29. The lowest BCUT2D eigenvalue weighted by molar-refractivity contribution is 0.385. The van der Waals surface area contributed by atoms with Gasteiger partial charge in [-0.3, -0.25) is 0 Å². The van der Waals surface area contributed by atoms with Crippen LogP contribution >= 0.6 is 0 Å². The zero-order chi connectivity index (χ0) is 30.4. The molecule has 0 radical (unpaired) electrons. The van der Waals surface area contributed by atoms with Crippen molar-refractivity contribution in [1.29, 1.82) is 5.41 Å². The molecule has 44 heavy (non-hydrogen) atoms. The minimum absolute atomic E-state index is 0.110. The molecule has 1 nitrogen and oxygen atoms in total. The Morgan fingerprint density at radius 3 is 2.59 bits per heavy atom. The minimum atomic E-state index is 0.110. The number of hydrogen-bond donors (Lipinski definition) is 1. The van der Waals surface area contributed by atoms with Crippen LogP contribution in [0, 0.1) is 35.0 Å². The van der Waals surface area contributed by atoms with Crippen molar-refractivity contribution in [3.63, 3.8) is 0 Å². The van der Waals surface area contributed by atoms with Crippen LogP contribution in [0.15, 0.2) is 154 Å². The van der Waals surface area contributed by atoms with Gasteiger partial charge in [0.15, 0.2) is 0 Å². The highest BCUT2D eigenvalue weighted by molar-refractivity contribution is 6.04. The van der Waals surface area contributed by atoms with Gasteiger partial charge in [-0.2, -0.15) is 0 Å². The highest BCUT2D eigenvalue weighted by Crippen LogP contribution is 2.61. The third kappa shape index (κ3) is 4.71. The molecule has 1 fully saturated rings. The van der Waals surface area contributed by atoms with E-state index in [1.165, 1.54) is 58.3 Å². The number of hydrogen-bond acceptors (Lipinski definition) is 1. The fourth-order valence-corrected chi connectivity index (χ4v) is 9.50. The lowest BCUT2D eigenvalue weighted by atomic mass is 9.65. The van der Waals surface area contributed by atoms with Crippen LogP contribution in [0.4, 0.5) is 0 Å². The van der Waals surface area contributed by atoms with Crippen molar-refractivity contribution in [2.75, 3.05) is 0 Å². The maximum Gasteiger partial charge on any atom is 0.0457 e. The standard InChI is InChI=1S/C43H47N/c1-5-32-31(24-29-19-11-14-22-36(29)37-23-15-16-27(4)43(37)44)26-38-34(7-3)41-33(6-2)35-21-13-12-20-30(35)25-39(41)42(38)40(32)28-17-9-8-10-18-28/h5-6,9,13,15-18,21-22,24,26,34,37,39-40,42,44H,1-2,4,7-8,10-12,14,19-20,23,25H2,3H3/b29-24+,44-43?. The van der Waals surface area contributed by atoms with Crippen LogP contribution in [0.2, 0.25) is 0 Å². The molecule has 0 saturated heterocycles. The smallest absolute Gasteiger partial charge is 0.0457 e. The van der Waals surface area contributed by atoms with Crippen molar-refractivity contribution < 1.29 is 0 Å². The van der Waals surface area contributed by atoms with Gasteiger partial charge in [0.05, 0.1) is 0 Å². The van der Waals surface area contributed by atoms with Crippen LogP contribution in [0.3, 0.4) is 0 Å². The van der Waals surface area contributed by atoms with Crippen LogP contribution in [0.1, 0.15) is 71.1 Å². The average molecular weight is 578 g/mol. The van der Waals surface area contributed by atoms with Gasteiger partial charge in [-0.15, -0.1) is 0 Å². The van der Waals surface area contributed by atoms with E-state index < -0.39 is 0 Å². The van der Waals surface area contributed by atoms with Crippen LogP contribution in [0.25, 0.3) is 0 Å². The molecule has 5 atom stereocenters. The largest absolute Gasteiger partial charge is 0.304 e. The number of nitrogens with one attached hydrogen (secondary N) is 1. The number of allylic oxidation sites excluding steroid dienone is 23. The lowest BCUT2D eigenvalue weighted by Gasteiger charge is -2.39. The van der Waals surface area contributed by atoms with Crippen LogP contribution < -0.4 is 0 Å². The van der Waals surface area contributed by atoms with Crippen LogP contribution in [0.5, 0.6) is 0 Å². The van der Waals surface area contributed by atoms with Gasteiger partial charge in [0.1, 0.15) is 0 Å². The van der Waals surface area contributed by atoms with E-state index in [2.05, 4.69) is 93.5 Å². The summed E-state index contributed by atoms with van der Waals surface area (Å²) < 4.78 is 0. The Labute approximate surface area is 265 Å². The summed E-state index contributed by atoms with van der Waals surface area (Å²) in [6.07, 6.45) is 39.2. The van der Waals surface area contributed by atoms with Gasteiger partial charge in [-0.25, -0.2) is 0 Å². The Balaban J connectivity index is 1.40. The highest BCUT2D eigenvalue weighted by atomic mass is 14.5. The molecule has 224 valence electrons. The van der Waals surface area contributed by atoms with Crippen molar-refractivity contribution in [1.82, 2.24) is 0 Å². The molecule has 0 spiro atoms. The monoisotopic (exact) mass is 577 g/mol. The second-order valence-electron chi connectivity index (χ2n) is 13.6. The van der Waals surface area contributed by atoms with E-state index in [4.69, 9.17) is 5.41 Å². The van der Waals surface area contributed by atoms with Gasteiger partial charge in [-0.1, -0.05) is 116 Å².